The summed E-state index contributed by atoms with van der Waals surface area (Å²) in [5, 5.41) is 11.5. The minimum Gasteiger partial charge on any atom is -0.356 e. The molecule has 1 aromatic heterocycles. The molecule has 0 aromatic carbocycles. The maximum atomic E-state index is 12.0. The highest BCUT2D eigenvalue weighted by Gasteiger charge is 2.25. The Morgan fingerprint density at radius 2 is 2.28 bits per heavy atom. The Morgan fingerprint density at radius 3 is 2.92 bits per heavy atom. The van der Waals surface area contributed by atoms with E-state index in [0.717, 1.165) is 56.9 Å². The largest absolute Gasteiger partial charge is 0.356 e. The monoisotopic (exact) mass is 481 g/mol. The van der Waals surface area contributed by atoms with Gasteiger partial charge in [-0.3, -0.25) is 13.9 Å². The molecule has 0 saturated heterocycles. The maximum absolute atomic E-state index is 12.0. The quantitative estimate of drug-likeness (QED) is 0.272. The van der Waals surface area contributed by atoms with Gasteiger partial charge in [0.2, 0.25) is 0 Å². The number of halogens is 1. The van der Waals surface area contributed by atoms with E-state index in [0.29, 0.717) is 11.3 Å². The second kappa shape index (κ2) is 11.9. The first kappa shape index (κ1) is 22.4. The van der Waals surface area contributed by atoms with E-state index in [1.54, 1.807) is 7.05 Å². The van der Waals surface area contributed by atoms with Crippen molar-refractivity contribution < 1.29 is 4.21 Å². The van der Waals surface area contributed by atoms with Crippen LogP contribution in [0.4, 0.5) is 0 Å². The molecule has 0 aliphatic heterocycles. The summed E-state index contributed by atoms with van der Waals surface area (Å²) >= 11 is 0. The van der Waals surface area contributed by atoms with Crippen LogP contribution < -0.4 is 10.6 Å². The molecule has 0 amide bonds. The van der Waals surface area contributed by atoms with Gasteiger partial charge in [-0.1, -0.05) is 13.3 Å². The summed E-state index contributed by atoms with van der Waals surface area (Å²) in [6.07, 6.45) is 9.28. The first-order valence-electron chi connectivity index (χ1n) is 8.95. The van der Waals surface area contributed by atoms with Gasteiger partial charge in [-0.05, 0) is 38.2 Å². The number of guanidine groups is 1. The van der Waals surface area contributed by atoms with Crippen LogP contribution in [-0.4, -0.2) is 50.6 Å². The molecule has 2 N–H and O–H groups in total. The molecule has 2 rings (SSSR count). The molecule has 25 heavy (non-hydrogen) atoms. The van der Waals surface area contributed by atoms with Crippen LogP contribution in [0.1, 0.15) is 44.6 Å². The van der Waals surface area contributed by atoms with Crippen LogP contribution in [0.5, 0.6) is 0 Å². The zero-order valence-corrected chi connectivity index (χ0v) is 18.7. The molecule has 1 aliphatic rings. The zero-order valence-electron chi connectivity index (χ0n) is 15.5. The van der Waals surface area contributed by atoms with E-state index in [1.165, 1.54) is 5.56 Å². The minimum atomic E-state index is -0.687. The molecule has 1 aromatic rings. The molecule has 1 heterocycles. The summed E-state index contributed by atoms with van der Waals surface area (Å²) in [6.45, 7) is 5.82. The highest BCUT2D eigenvalue weighted by Crippen LogP contribution is 2.22. The number of rotatable bonds is 7. The van der Waals surface area contributed by atoms with Crippen molar-refractivity contribution in [3.05, 3.63) is 18.0 Å². The number of hydrogen-bond acceptors (Lipinski definition) is 3. The molecule has 0 spiro atoms. The smallest absolute Gasteiger partial charge is 0.191 e. The van der Waals surface area contributed by atoms with Crippen molar-refractivity contribution >= 4 is 40.7 Å². The number of aromatic nitrogens is 2. The van der Waals surface area contributed by atoms with E-state index in [4.69, 9.17) is 0 Å². The van der Waals surface area contributed by atoms with E-state index in [1.807, 2.05) is 17.8 Å². The van der Waals surface area contributed by atoms with Crippen LogP contribution in [-0.2, 0) is 17.3 Å². The maximum Gasteiger partial charge on any atom is 0.191 e. The second-order valence-corrected chi connectivity index (χ2v) is 8.44. The van der Waals surface area contributed by atoms with Crippen molar-refractivity contribution in [1.82, 2.24) is 20.4 Å². The number of aliphatic imine (C=N–C) groups is 1. The molecule has 1 aliphatic carbocycles. The van der Waals surface area contributed by atoms with Gasteiger partial charge in [-0.15, -0.1) is 24.0 Å². The summed E-state index contributed by atoms with van der Waals surface area (Å²) in [6, 6.07) is 0.374. The van der Waals surface area contributed by atoms with E-state index in [-0.39, 0.29) is 24.0 Å². The molecular formula is C17H32IN5OS. The predicted octanol–water partition coefficient (Wildman–Crippen LogP) is 2.44. The van der Waals surface area contributed by atoms with Crippen molar-refractivity contribution in [1.29, 1.82) is 0 Å². The van der Waals surface area contributed by atoms with Gasteiger partial charge in [0.25, 0.3) is 0 Å². The fraction of sp³-hybridized carbons (Fsp3) is 0.765. The SMILES string of the molecule is CCS(=O)C1CCCC(NC(=NC)NCCCn2cc(C)cn2)C1.I. The van der Waals surface area contributed by atoms with Gasteiger partial charge >= 0.3 is 0 Å². The third-order valence-corrected chi connectivity index (χ3v) is 6.21. The van der Waals surface area contributed by atoms with Crippen LogP contribution in [0, 0.1) is 6.92 Å². The van der Waals surface area contributed by atoms with E-state index >= 15 is 0 Å². The lowest BCUT2D eigenvalue weighted by atomic mass is 9.95. The third kappa shape index (κ3) is 7.64. The minimum absolute atomic E-state index is 0. The van der Waals surface area contributed by atoms with Gasteiger partial charge in [0.15, 0.2) is 5.96 Å². The summed E-state index contributed by atoms with van der Waals surface area (Å²) in [4.78, 5) is 4.32. The van der Waals surface area contributed by atoms with Crippen LogP contribution in [0.3, 0.4) is 0 Å². The van der Waals surface area contributed by atoms with Crippen LogP contribution in [0.2, 0.25) is 0 Å². The Morgan fingerprint density at radius 1 is 1.48 bits per heavy atom. The standard InChI is InChI=1S/C17H31N5OS.HI/c1-4-24(23)16-8-5-7-15(11-16)21-17(18-3)19-9-6-10-22-13-14(2)12-20-22;/h12-13,15-16H,4-11H2,1-3H3,(H2,18,19,21);1H. The zero-order chi connectivity index (χ0) is 17.4. The fourth-order valence-electron chi connectivity index (χ4n) is 3.18. The fourth-order valence-corrected chi connectivity index (χ4v) is 4.52. The van der Waals surface area contributed by atoms with Crippen molar-refractivity contribution in [2.24, 2.45) is 4.99 Å². The summed E-state index contributed by atoms with van der Waals surface area (Å²) < 4.78 is 14.0. The summed E-state index contributed by atoms with van der Waals surface area (Å²) in [5.74, 6) is 1.61. The van der Waals surface area contributed by atoms with E-state index < -0.39 is 10.8 Å². The Hall–Kier alpha value is -0.640. The average Bonchev–Trinajstić information content (AvgIpc) is 3.02. The van der Waals surface area contributed by atoms with Gasteiger partial charge < -0.3 is 10.6 Å². The molecule has 0 radical (unpaired) electrons. The van der Waals surface area contributed by atoms with Crippen molar-refractivity contribution in [3.63, 3.8) is 0 Å². The first-order chi connectivity index (χ1) is 11.6. The summed E-state index contributed by atoms with van der Waals surface area (Å²) in [5.41, 5.74) is 1.19. The van der Waals surface area contributed by atoms with Crippen LogP contribution in [0.15, 0.2) is 17.4 Å². The molecule has 0 bridgehead atoms. The van der Waals surface area contributed by atoms with Gasteiger partial charge in [0.05, 0.1) is 6.20 Å². The topological polar surface area (TPSA) is 71.3 Å². The van der Waals surface area contributed by atoms with Crippen LogP contribution >= 0.6 is 24.0 Å². The van der Waals surface area contributed by atoms with E-state index in [9.17, 15) is 4.21 Å². The normalized spacial score (nSPS) is 22.1. The molecule has 8 heteroatoms. The van der Waals surface area contributed by atoms with Crippen molar-refractivity contribution in [2.75, 3.05) is 19.3 Å². The Labute approximate surface area is 171 Å². The molecule has 3 atom stereocenters. The van der Waals surface area contributed by atoms with Crippen LogP contribution in [0.25, 0.3) is 0 Å². The highest BCUT2D eigenvalue weighted by molar-refractivity contribution is 14.0. The van der Waals surface area contributed by atoms with Gasteiger partial charge in [0, 0.05) is 54.2 Å². The van der Waals surface area contributed by atoms with E-state index in [2.05, 4.69) is 33.8 Å². The van der Waals surface area contributed by atoms with Gasteiger partial charge in [-0.2, -0.15) is 5.10 Å². The first-order valence-corrected chi connectivity index (χ1v) is 10.3. The molecule has 1 saturated carbocycles. The second-order valence-electron chi connectivity index (χ2n) is 6.43. The predicted molar refractivity (Wildman–Crippen MR) is 116 cm³/mol. The number of nitrogens with one attached hydrogen (secondary N) is 2. The Balaban J connectivity index is 0.00000312. The molecular weight excluding hydrogens is 449 g/mol. The van der Waals surface area contributed by atoms with Gasteiger partial charge in [0.1, 0.15) is 0 Å². The third-order valence-electron chi connectivity index (χ3n) is 4.47. The Bertz CT molecular complexity index is 563. The number of aryl methyl sites for hydroxylation is 2. The number of nitrogens with zero attached hydrogens (tertiary/aromatic N) is 3. The molecule has 6 nitrogen and oxygen atoms in total. The lowest BCUT2D eigenvalue weighted by molar-refractivity contribution is 0.413. The molecule has 1 fully saturated rings. The lowest BCUT2D eigenvalue weighted by Crippen LogP contribution is -2.46. The van der Waals surface area contributed by atoms with Gasteiger partial charge in [-0.25, -0.2) is 0 Å². The van der Waals surface area contributed by atoms with Crippen molar-refractivity contribution in [3.8, 4) is 0 Å². The number of hydrogen-bond donors (Lipinski definition) is 2. The van der Waals surface area contributed by atoms with Crippen molar-refractivity contribution in [2.45, 2.75) is 63.8 Å². The molecule has 144 valence electrons. The lowest BCUT2D eigenvalue weighted by Gasteiger charge is -2.30. The Kier molecular flexibility index (Phi) is 10.6. The summed E-state index contributed by atoms with van der Waals surface area (Å²) in [7, 11) is 1.12. The average molecular weight is 481 g/mol. The highest BCUT2D eigenvalue weighted by atomic mass is 127. The molecule has 3 unspecified atom stereocenters.